The first-order chi connectivity index (χ1) is 8.60. The summed E-state index contributed by atoms with van der Waals surface area (Å²) in [5.41, 5.74) is 0.146. The Hall–Kier alpha value is -0.610. The van der Waals surface area contributed by atoms with Gasteiger partial charge in [0.15, 0.2) is 0 Å². The molecule has 18 heavy (non-hydrogen) atoms. The topological polar surface area (TPSA) is 58.6 Å². The zero-order valence-electron chi connectivity index (χ0n) is 11.3. The van der Waals surface area contributed by atoms with Gasteiger partial charge in [0.1, 0.15) is 6.61 Å². The number of piperidine rings is 1. The second-order valence-corrected chi connectivity index (χ2v) is 6.17. The van der Waals surface area contributed by atoms with Crippen LogP contribution in [0.5, 0.6) is 0 Å². The molecule has 1 aliphatic heterocycles. The molecule has 104 valence electrons. The van der Waals surface area contributed by atoms with Gasteiger partial charge in [-0.3, -0.25) is 4.79 Å². The van der Waals surface area contributed by atoms with Gasteiger partial charge >= 0.3 is 5.97 Å². The molecule has 2 fully saturated rings. The van der Waals surface area contributed by atoms with Crippen LogP contribution in [0.15, 0.2) is 0 Å². The zero-order chi connectivity index (χ0) is 13.1. The van der Waals surface area contributed by atoms with Gasteiger partial charge in [-0.25, -0.2) is 0 Å². The van der Waals surface area contributed by atoms with Crippen LogP contribution in [0.2, 0.25) is 0 Å². The van der Waals surface area contributed by atoms with Crippen LogP contribution in [0.1, 0.15) is 45.4 Å². The lowest BCUT2D eigenvalue weighted by Crippen LogP contribution is -2.43. The summed E-state index contributed by atoms with van der Waals surface area (Å²) in [6.45, 7) is 4.29. The molecule has 4 nitrogen and oxygen atoms in total. The van der Waals surface area contributed by atoms with Crippen molar-refractivity contribution in [1.82, 2.24) is 5.32 Å². The Morgan fingerprint density at radius 1 is 1.17 bits per heavy atom. The average molecular weight is 255 g/mol. The quantitative estimate of drug-likeness (QED) is 0.750. The van der Waals surface area contributed by atoms with Crippen LogP contribution in [0, 0.1) is 10.8 Å². The molecule has 2 aliphatic rings. The number of carbonyl (C=O) groups is 1. The van der Waals surface area contributed by atoms with Gasteiger partial charge in [0.2, 0.25) is 0 Å². The molecule has 1 saturated carbocycles. The summed E-state index contributed by atoms with van der Waals surface area (Å²) in [7, 11) is 0. The van der Waals surface area contributed by atoms with Crippen molar-refractivity contribution >= 4 is 5.97 Å². The fourth-order valence-electron chi connectivity index (χ4n) is 3.31. The molecular formula is C14H25NO3. The van der Waals surface area contributed by atoms with Crippen LogP contribution < -0.4 is 5.32 Å². The molecule has 1 spiro atoms. The predicted octanol–water partition coefficient (Wildman–Crippen LogP) is 1.47. The van der Waals surface area contributed by atoms with Crippen molar-refractivity contribution < 1.29 is 14.6 Å². The normalized spacial score (nSPS) is 25.9. The van der Waals surface area contributed by atoms with Gasteiger partial charge in [-0.05, 0) is 64.0 Å². The average Bonchev–Trinajstić information content (AvgIpc) is 2.41. The molecule has 0 radical (unpaired) electrons. The van der Waals surface area contributed by atoms with Crippen molar-refractivity contribution in [3.63, 3.8) is 0 Å². The second kappa shape index (κ2) is 5.57. The highest BCUT2D eigenvalue weighted by Gasteiger charge is 2.45. The van der Waals surface area contributed by atoms with E-state index in [-0.39, 0.29) is 24.6 Å². The van der Waals surface area contributed by atoms with E-state index in [1.807, 2.05) is 6.92 Å². The molecule has 4 heteroatoms. The summed E-state index contributed by atoms with van der Waals surface area (Å²) >= 11 is 0. The highest BCUT2D eigenvalue weighted by Crippen LogP contribution is 2.50. The van der Waals surface area contributed by atoms with Crippen LogP contribution in [-0.4, -0.2) is 37.4 Å². The van der Waals surface area contributed by atoms with Crippen molar-refractivity contribution in [3.05, 3.63) is 0 Å². The summed E-state index contributed by atoms with van der Waals surface area (Å²) in [6, 6.07) is 0. The minimum Gasteiger partial charge on any atom is -0.463 e. The largest absolute Gasteiger partial charge is 0.463 e. The number of ether oxygens (including phenoxy) is 1. The van der Waals surface area contributed by atoms with Gasteiger partial charge in [-0.1, -0.05) is 0 Å². The van der Waals surface area contributed by atoms with Gasteiger partial charge in [0.25, 0.3) is 0 Å². The molecule has 2 N–H and O–H groups in total. The smallest absolute Gasteiger partial charge is 0.311 e. The Morgan fingerprint density at radius 3 is 2.33 bits per heavy atom. The molecule has 0 aromatic carbocycles. The Kier molecular flexibility index (Phi) is 4.28. The lowest BCUT2D eigenvalue weighted by atomic mass is 9.61. The molecule has 0 atom stereocenters. The molecule has 1 saturated heterocycles. The highest BCUT2D eigenvalue weighted by molar-refractivity contribution is 5.76. The number of aliphatic hydroxyl groups excluding tert-OH is 1. The number of nitrogens with one attached hydrogen (secondary N) is 1. The van der Waals surface area contributed by atoms with Gasteiger partial charge in [0.05, 0.1) is 12.0 Å². The summed E-state index contributed by atoms with van der Waals surface area (Å²) < 4.78 is 5.11. The van der Waals surface area contributed by atoms with Crippen LogP contribution in [0.25, 0.3) is 0 Å². The monoisotopic (exact) mass is 255 g/mol. The fourth-order valence-corrected chi connectivity index (χ4v) is 3.31. The van der Waals surface area contributed by atoms with Crippen LogP contribution in [-0.2, 0) is 9.53 Å². The Morgan fingerprint density at radius 2 is 1.78 bits per heavy atom. The molecule has 0 amide bonds. The second-order valence-electron chi connectivity index (χ2n) is 6.17. The maximum atomic E-state index is 12.0. The van der Waals surface area contributed by atoms with E-state index in [0.29, 0.717) is 5.41 Å². The molecule has 0 unspecified atom stereocenters. The van der Waals surface area contributed by atoms with E-state index in [2.05, 4.69) is 5.32 Å². The summed E-state index contributed by atoms with van der Waals surface area (Å²) in [4.78, 5) is 12.0. The predicted molar refractivity (Wildman–Crippen MR) is 69.2 cm³/mol. The molecule has 0 aromatic heterocycles. The summed E-state index contributed by atoms with van der Waals surface area (Å²) in [6.07, 6.45) is 6.62. The fraction of sp³-hybridized carbons (Fsp3) is 0.929. The summed E-state index contributed by atoms with van der Waals surface area (Å²) in [5.74, 6) is -0.125. The van der Waals surface area contributed by atoms with Crippen LogP contribution in [0.3, 0.4) is 0 Å². The lowest BCUT2D eigenvalue weighted by Gasteiger charge is -2.46. The van der Waals surface area contributed by atoms with Gasteiger partial charge < -0.3 is 15.2 Å². The first-order valence-corrected chi connectivity index (χ1v) is 7.09. The number of aliphatic hydroxyl groups is 1. The lowest BCUT2D eigenvalue weighted by molar-refractivity contribution is -0.159. The minimum absolute atomic E-state index is 0.0859. The summed E-state index contributed by atoms with van der Waals surface area (Å²) in [5, 5.41) is 12.1. The van der Waals surface area contributed by atoms with Crippen molar-refractivity contribution in [1.29, 1.82) is 0 Å². The molecule has 0 bridgehead atoms. The van der Waals surface area contributed by atoms with E-state index < -0.39 is 0 Å². The van der Waals surface area contributed by atoms with E-state index in [1.165, 1.54) is 12.8 Å². The third-order valence-corrected chi connectivity index (χ3v) is 4.90. The van der Waals surface area contributed by atoms with Crippen LogP contribution >= 0.6 is 0 Å². The standard InChI is InChI=1S/C14H25NO3/c1-13(12(17)18-11-10-16)2-4-14(5-3-13)6-8-15-9-7-14/h15-16H,2-11H2,1H3. The zero-order valence-corrected chi connectivity index (χ0v) is 11.3. The Bertz CT molecular complexity index is 287. The first-order valence-electron chi connectivity index (χ1n) is 7.09. The minimum atomic E-state index is -0.328. The number of hydrogen-bond acceptors (Lipinski definition) is 4. The van der Waals surface area contributed by atoms with E-state index in [4.69, 9.17) is 9.84 Å². The van der Waals surface area contributed by atoms with Crippen LogP contribution in [0.4, 0.5) is 0 Å². The van der Waals surface area contributed by atoms with E-state index in [9.17, 15) is 4.79 Å². The maximum absolute atomic E-state index is 12.0. The molecule has 0 aromatic rings. The number of hydrogen-bond donors (Lipinski definition) is 2. The molecule has 1 aliphatic carbocycles. The van der Waals surface area contributed by atoms with Crippen molar-refractivity contribution in [2.24, 2.45) is 10.8 Å². The van der Waals surface area contributed by atoms with Gasteiger partial charge in [-0.2, -0.15) is 0 Å². The number of carbonyl (C=O) groups excluding carboxylic acids is 1. The Labute approximate surface area is 109 Å². The highest BCUT2D eigenvalue weighted by atomic mass is 16.5. The SMILES string of the molecule is CC1(C(=O)OCCO)CCC2(CCNCC2)CC1. The van der Waals surface area contributed by atoms with Crippen molar-refractivity contribution in [2.75, 3.05) is 26.3 Å². The number of esters is 1. The number of rotatable bonds is 3. The molecule has 1 heterocycles. The Balaban J connectivity index is 1.89. The third kappa shape index (κ3) is 2.86. The first kappa shape index (κ1) is 13.8. The van der Waals surface area contributed by atoms with Gasteiger partial charge in [0, 0.05) is 0 Å². The van der Waals surface area contributed by atoms with Crippen molar-refractivity contribution in [3.8, 4) is 0 Å². The van der Waals surface area contributed by atoms with E-state index in [0.717, 1.165) is 38.8 Å². The molecule has 2 rings (SSSR count). The van der Waals surface area contributed by atoms with E-state index >= 15 is 0 Å². The van der Waals surface area contributed by atoms with E-state index in [1.54, 1.807) is 0 Å². The van der Waals surface area contributed by atoms with Crippen molar-refractivity contribution in [2.45, 2.75) is 45.4 Å². The van der Waals surface area contributed by atoms with Gasteiger partial charge in [-0.15, -0.1) is 0 Å². The molecular weight excluding hydrogens is 230 g/mol. The third-order valence-electron chi connectivity index (χ3n) is 4.90. The maximum Gasteiger partial charge on any atom is 0.311 e.